The lowest BCUT2D eigenvalue weighted by atomic mass is 10.2. The van der Waals surface area contributed by atoms with E-state index in [2.05, 4.69) is 27.2 Å². The Morgan fingerprint density at radius 2 is 2.07 bits per heavy atom. The number of ether oxygens (including phenoxy) is 1. The minimum Gasteiger partial charge on any atom is -0.496 e. The van der Waals surface area contributed by atoms with E-state index in [1.807, 2.05) is 49.7 Å². The van der Waals surface area contributed by atoms with Gasteiger partial charge in [0.25, 0.3) is 0 Å². The number of allylic oxidation sites excluding steroid dienone is 1. The van der Waals surface area contributed by atoms with Gasteiger partial charge in [-0.1, -0.05) is 30.0 Å². The predicted molar refractivity (Wildman–Crippen MR) is 114 cm³/mol. The molecule has 0 aliphatic rings. The summed E-state index contributed by atoms with van der Waals surface area (Å²) >= 11 is 1.32. The zero-order chi connectivity index (χ0) is 21.0. The van der Waals surface area contributed by atoms with Crippen LogP contribution in [0.4, 0.5) is 5.69 Å². The van der Waals surface area contributed by atoms with Crippen molar-refractivity contribution < 1.29 is 9.53 Å². The molecule has 152 valence electrons. The first-order valence-electron chi connectivity index (χ1n) is 9.06. The number of carbonyl (C=O) groups is 1. The van der Waals surface area contributed by atoms with Gasteiger partial charge in [0.05, 0.1) is 35.5 Å². The number of para-hydroxylation sites is 1. The number of nitrogens with one attached hydrogen (secondary N) is 1. The largest absolute Gasteiger partial charge is 0.496 e. The second kappa shape index (κ2) is 8.95. The lowest BCUT2D eigenvalue weighted by Gasteiger charge is -2.10. The topological polar surface area (TPSA) is 86.9 Å². The van der Waals surface area contributed by atoms with Crippen molar-refractivity contribution in [2.45, 2.75) is 25.5 Å². The molecule has 9 heteroatoms. The summed E-state index contributed by atoms with van der Waals surface area (Å²) in [5.74, 6) is 1.46. The third kappa shape index (κ3) is 4.34. The molecule has 1 N–H and O–H groups in total. The van der Waals surface area contributed by atoms with E-state index in [9.17, 15) is 4.79 Å². The second-order valence-corrected chi connectivity index (χ2v) is 7.35. The van der Waals surface area contributed by atoms with Gasteiger partial charge in [-0.25, -0.2) is 0 Å². The van der Waals surface area contributed by atoms with Crippen LogP contribution in [0.25, 0.3) is 11.4 Å². The minimum absolute atomic E-state index is 0.124. The van der Waals surface area contributed by atoms with Crippen LogP contribution in [0.3, 0.4) is 0 Å². The van der Waals surface area contributed by atoms with E-state index in [4.69, 9.17) is 4.74 Å². The fourth-order valence-electron chi connectivity index (χ4n) is 2.98. The molecule has 8 nitrogen and oxygen atoms in total. The van der Waals surface area contributed by atoms with Crippen molar-refractivity contribution in [1.82, 2.24) is 24.5 Å². The highest BCUT2D eigenvalue weighted by molar-refractivity contribution is 7.99. The first-order chi connectivity index (χ1) is 14.0. The number of aryl methyl sites for hydroxylation is 2. The summed E-state index contributed by atoms with van der Waals surface area (Å²) in [6, 6.07) is 7.63. The molecule has 1 aromatic carbocycles. The van der Waals surface area contributed by atoms with Crippen LogP contribution < -0.4 is 10.1 Å². The zero-order valence-electron chi connectivity index (χ0n) is 17.0. The first kappa shape index (κ1) is 20.7. The third-order valence-electron chi connectivity index (χ3n) is 4.48. The molecule has 2 aromatic heterocycles. The van der Waals surface area contributed by atoms with Gasteiger partial charge in [-0.05, 0) is 26.0 Å². The molecular weight excluding hydrogens is 388 g/mol. The SMILES string of the molecule is C=CCn1c(SCC(=O)Nc2c(C)nn(C)c2C)nnc1-c1ccccc1OC. The van der Waals surface area contributed by atoms with Crippen molar-refractivity contribution >= 4 is 23.4 Å². The van der Waals surface area contributed by atoms with E-state index in [1.54, 1.807) is 17.9 Å². The average Bonchev–Trinajstić information content (AvgIpc) is 3.22. The van der Waals surface area contributed by atoms with Gasteiger partial charge in [0.2, 0.25) is 5.91 Å². The summed E-state index contributed by atoms with van der Waals surface area (Å²) in [6.07, 6.45) is 1.77. The van der Waals surface area contributed by atoms with Gasteiger partial charge < -0.3 is 10.1 Å². The van der Waals surface area contributed by atoms with Gasteiger partial charge in [-0.3, -0.25) is 14.0 Å². The van der Waals surface area contributed by atoms with Gasteiger partial charge in [-0.2, -0.15) is 5.10 Å². The molecule has 1 amide bonds. The Hall–Kier alpha value is -3.07. The fourth-order valence-corrected chi connectivity index (χ4v) is 3.73. The number of nitrogens with zero attached hydrogens (tertiary/aromatic N) is 5. The standard InChI is InChI=1S/C20H24N6O2S/c1-6-11-26-19(15-9-7-8-10-16(15)28-5)22-23-20(26)29-12-17(27)21-18-13(2)24-25(4)14(18)3/h6-10H,1,11-12H2,2-5H3,(H,21,27). The molecule has 0 aliphatic carbocycles. The van der Waals surface area contributed by atoms with E-state index in [-0.39, 0.29) is 11.7 Å². The van der Waals surface area contributed by atoms with Gasteiger partial charge in [0, 0.05) is 13.6 Å². The molecule has 0 atom stereocenters. The molecule has 0 aliphatic heterocycles. The fraction of sp³-hybridized carbons (Fsp3) is 0.300. The zero-order valence-corrected chi connectivity index (χ0v) is 17.8. The van der Waals surface area contributed by atoms with Gasteiger partial charge in [-0.15, -0.1) is 16.8 Å². The summed E-state index contributed by atoms with van der Waals surface area (Å²) in [5.41, 5.74) is 3.29. The van der Waals surface area contributed by atoms with E-state index in [0.717, 1.165) is 22.6 Å². The Bertz CT molecular complexity index is 1040. The van der Waals surface area contributed by atoms with Crippen molar-refractivity contribution in [1.29, 1.82) is 0 Å². The Morgan fingerprint density at radius 3 is 2.72 bits per heavy atom. The van der Waals surface area contributed by atoms with Gasteiger partial charge in [0.15, 0.2) is 11.0 Å². The summed E-state index contributed by atoms with van der Waals surface area (Å²) in [5, 5.41) is 16.5. The normalized spacial score (nSPS) is 10.8. The molecule has 2 heterocycles. The van der Waals surface area contributed by atoms with E-state index in [1.165, 1.54) is 11.8 Å². The molecule has 0 fully saturated rings. The van der Waals surface area contributed by atoms with Crippen LogP contribution in [-0.2, 0) is 18.4 Å². The van der Waals surface area contributed by atoms with E-state index >= 15 is 0 Å². The molecule has 3 aromatic rings. The van der Waals surface area contributed by atoms with Crippen LogP contribution in [0.2, 0.25) is 0 Å². The Balaban J connectivity index is 1.78. The molecule has 0 spiro atoms. The highest BCUT2D eigenvalue weighted by atomic mass is 32.2. The van der Waals surface area contributed by atoms with Gasteiger partial charge in [0.1, 0.15) is 5.75 Å². The summed E-state index contributed by atoms with van der Waals surface area (Å²) in [6.45, 7) is 8.13. The first-order valence-corrected chi connectivity index (χ1v) is 10.0. The lowest BCUT2D eigenvalue weighted by molar-refractivity contribution is -0.113. The Labute approximate surface area is 174 Å². The summed E-state index contributed by atoms with van der Waals surface area (Å²) in [7, 11) is 3.47. The Kier molecular flexibility index (Phi) is 6.38. The molecule has 0 saturated heterocycles. The Morgan fingerprint density at radius 1 is 1.31 bits per heavy atom. The number of rotatable bonds is 8. The quantitative estimate of drug-likeness (QED) is 0.452. The minimum atomic E-state index is -0.124. The number of benzene rings is 1. The molecule has 0 unspecified atom stereocenters. The third-order valence-corrected chi connectivity index (χ3v) is 5.45. The average molecular weight is 413 g/mol. The van der Waals surface area contributed by atoms with Crippen molar-refractivity contribution in [2.24, 2.45) is 7.05 Å². The molecule has 0 saturated carbocycles. The van der Waals surface area contributed by atoms with Crippen molar-refractivity contribution in [3.05, 3.63) is 48.3 Å². The molecule has 29 heavy (non-hydrogen) atoms. The van der Waals surface area contributed by atoms with Crippen LogP contribution >= 0.6 is 11.8 Å². The number of amides is 1. The number of carbonyl (C=O) groups excluding carboxylic acids is 1. The number of hydrogen-bond donors (Lipinski definition) is 1. The van der Waals surface area contributed by atoms with Crippen LogP contribution in [0, 0.1) is 13.8 Å². The number of thioether (sulfide) groups is 1. The smallest absolute Gasteiger partial charge is 0.234 e. The highest BCUT2D eigenvalue weighted by Crippen LogP contribution is 2.31. The van der Waals surface area contributed by atoms with Gasteiger partial charge >= 0.3 is 0 Å². The predicted octanol–water partition coefficient (Wildman–Crippen LogP) is 3.22. The number of methoxy groups -OCH3 is 1. The van der Waals surface area contributed by atoms with E-state index < -0.39 is 0 Å². The maximum absolute atomic E-state index is 12.5. The molecule has 0 radical (unpaired) electrons. The van der Waals surface area contributed by atoms with Crippen LogP contribution in [-0.4, -0.2) is 43.3 Å². The second-order valence-electron chi connectivity index (χ2n) is 6.41. The summed E-state index contributed by atoms with van der Waals surface area (Å²) in [4.78, 5) is 12.5. The maximum atomic E-state index is 12.5. The number of hydrogen-bond acceptors (Lipinski definition) is 6. The monoisotopic (exact) mass is 412 g/mol. The lowest BCUT2D eigenvalue weighted by Crippen LogP contribution is -2.15. The van der Waals surface area contributed by atoms with E-state index in [0.29, 0.717) is 23.3 Å². The number of aromatic nitrogens is 5. The van der Waals surface area contributed by atoms with Crippen LogP contribution in [0.5, 0.6) is 5.75 Å². The molecular formula is C20H24N6O2S. The summed E-state index contributed by atoms with van der Waals surface area (Å²) < 4.78 is 9.11. The molecule has 0 bridgehead atoms. The van der Waals surface area contributed by atoms with Crippen molar-refractivity contribution in [3.63, 3.8) is 0 Å². The number of anilines is 1. The maximum Gasteiger partial charge on any atom is 0.234 e. The molecule has 3 rings (SSSR count). The van der Waals surface area contributed by atoms with Crippen molar-refractivity contribution in [3.8, 4) is 17.1 Å². The van der Waals surface area contributed by atoms with Crippen molar-refractivity contribution in [2.75, 3.05) is 18.2 Å². The highest BCUT2D eigenvalue weighted by Gasteiger charge is 2.18. The van der Waals surface area contributed by atoms with Crippen LogP contribution in [0.1, 0.15) is 11.4 Å². The van der Waals surface area contributed by atoms with Crippen LogP contribution in [0.15, 0.2) is 42.1 Å².